The highest BCUT2D eigenvalue weighted by Crippen LogP contribution is 2.30. The average molecular weight is 1320 g/mol. The maximum atomic E-state index is 14.8. The first-order valence-electron chi connectivity index (χ1n) is 30.8. The number of carbonyl (C=O) groups excluding carboxylic acids is 10. The first kappa shape index (κ1) is 76.3. The van der Waals surface area contributed by atoms with Gasteiger partial charge < -0.3 is 66.8 Å². The number of halogens is 1. The summed E-state index contributed by atoms with van der Waals surface area (Å²) in [5.41, 5.74) is 6.75. The number of aliphatic hydroxyl groups excluding tert-OH is 1. The topological polar surface area (TPSA) is 339 Å². The second kappa shape index (κ2) is 37.9. The molecule has 2 aromatic carbocycles. The lowest BCUT2D eigenvalue weighted by atomic mass is 9.89. The van der Waals surface area contributed by atoms with Gasteiger partial charge in [-0.2, -0.15) is 0 Å². The van der Waals surface area contributed by atoms with Crippen LogP contribution in [0.2, 0.25) is 0 Å². The number of benzene rings is 2. The van der Waals surface area contributed by atoms with Crippen LogP contribution in [0.15, 0.2) is 54.6 Å². The zero-order chi connectivity index (χ0) is 66.8. The van der Waals surface area contributed by atoms with Crippen molar-refractivity contribution < 1.29 is 67.3 Å². The van der Waals surface area contributed by atoms with Crippen LogP contribution in [0.1, 0.15) is 144 Å². The van der Waals surface area contributed by atoms with Crippen LogP contribution in [0, 0.1) is 29.6 Å². The number of amides is 11. The summed E-state index contributed by atoms with van der Waals surface area (Å²) in [6.45, 7) is 18.3. The van der Waals surface area contributed by atoms with E-state index in [1.807, 2.05) is 32.0 Å². The molecule has 0 saturated carbocycles. The van der Waals surface area contributed by atoms with E-state index < -0.39 is 120 Å². The van der Waals surface area contributed by atoms with Gasteiger partial charge in [-0.15, -0.1) is 0 Å². The summed E-state index contributed by atoms with van der Waals surface area (Å²) >= 11 is 2.85. The monoisotopic (exact) mass is 1310 g/mol. The number of hydrogen-bond donors (Lipinski definition) is 9. The summed E-state index contributed by atoms with van der Waals surface area (Å²) in [4.78, 5) is 138. The summed E-state index contributed by atoms with van der Waals surface area (Å²) in [7, 11) is 6.08. The highest BCUT2D eigenvalue weighted by Gasteiger charge is 2.44. The predicted octanol–water partition coefficient (Wildman–Crippen LogP) is 5.19. The Morgan fingerprint density at radius 3 is 1.92 bits per heavy atom. The Balaban J connectivity index is 1.71. The maximum absolute atomic E-state index is 14.8. The van der Waals surface area contributed by atoms with Crippen molar-refractivity contribution in [2.75, 3.05) is 46.7 Å². The van der Waals surface area contributed by atoms with Gasteiger partial charge in [-0.3, -0.25) is 47.6 Å². The molecular formula is C63H100BrN11O14. The highest BCUT2D eigenvalue weighted by atomic mass is 79.9. The molecule has 1 aliphatic heterocycles. The van der Waals surface area contributed by atoms with Crippen molar-refractivity contribution in [3.63, 3.8) is 0 Å². The quantitative estimate of drug-likeness (QED) is 0.0313. The summed E-state index contributed by atoms with van der Waals surface area (Å²) in [5, 5.41) is 27.5. The molecule has 26 heteroatoms. The highest BCUT2D eigenvalue weighted by molar-refractivity contribution is 9.08. The third-order valence-corrected chi connectivity index (χ3v) is 16.9. The van der Waals surface area contributed by atoms with Crippen molar-refractivity contribution in [3.05, 3.63) is 65.7 Å². The molecule has 89 heavy (non-hydrogen) atoms. The molecule has 12 atom stereocenters. The lowest BCUT2D eigenvalue weighted by Gasteiger charge is -2.41. The van der Waals surface area contributed by atoms with E-state index in [0.717, 1.165) is 0 Å². The van der Waals surface area contributed by atoms with Gasteiger partial charge in [0.1, 0.15) is 30.8 Å². The van der Waals surface area contributed by atoms with Gasteiger partial charge in [-0.05, 0) is 86.0 Å². The molecule has 0 unspecified atom stereocenters. The Hall–Kier alpha value is -6.90. The Labute approximate surface area is 533 Å². The smallest absolute Gasteiger partial charge is 0.410 e. The third-order valence-electron chi connectivity index (χ3n) is 16.4. The fraction of sp³-hybridized carbons (Fsp3) is 0.651. The number of ether oxygens (including phenoxy) is 3. The van der Waals surface area contributed by atoms with Gasteiger partial charge in [-0.25, -0.2) is 9.59 Å². The van der Waals surface area contributed by atoms with E-state index in [4.69, 9.17) is 19.9 Å². The molecule has 10 N–H and O–H groups in total. The third kappa shape index (κ3) is 23.5. The molecule has 11 amide bonds. The molecule has 1 aliphatic rings. The van der Waals surface area contributed by atoms with Crippen LogP contribution in [-0.2, 0) is 59.2 Å². The van der Waals surface area contributed by atoms with Gasteiger partial charge in [0.05, 0.1) is 48.8 Å². The standard InChI is InChI=1S/C63H100BrN11O14/c1-15-39(8)54(47(87-13)34-50(78)75-33-21-25-46(75)56(88-14)40(9)57(80)67-41(10)55(79)43-22-17-16-18-23-43)73(11)61(84)52(37(4)5)71-60(83)53(38(6)7)74(12)63(86)89-35-42-28-30-44(31-29-42)68-58(81)45(24-20-32-66-62(65)85)69-59(82)51(36(2)3)70-48(76)26-19-27-49(77)72-64/h16-18,22-23,28-31,36-41,45-47,51-56,79H,15,19-21,24-27,32-35H2,1-14H3,(H,67,80)(H,68,81)(H,69,82)(H,70,76)(H,71,83)(H,72,77)(H3,65,66,85)/t39-,40+,41+,45-,46-,47+,51-,52-,53-,54-,55+,56+/m0/s1. The lowest BCUT2D eigenvalue weighted by molar-refractivity contribution is -0.148. The number of likely N-dealkylation sites (tertiary alicyclic amines) is 1. The SMILES string of the molecule is CC[C@H](C)[C@@H]([C@@H](CC(=O)N1CCC[C@H]1[C@H](OC)[C@@H](C)C(=O)N[C@H](C)[C@@H](O)c1ccccc1)OC)N(C)C(=O)[C@@H](NC(=O)[C@H](C(C)C)N(C)C(=O)OCc1ccc(NC(=O)[C@H](CCCNC(N)=O)NC(=O)[C@@H](NC(=O)CCCC(=O)NBr)C(C)C)cc1)C(C)C. The number of likely N-dealkylation sites (N-methyl/N-ethyl adjacent to an activating group) is 2. The number of nitrogens with one attached hydrogen (secondary N) is 7. The number of carbonyl (C=O) groups is 10. The van der Waals surface area contributed by atoms with Gasteiger partial charge in [-0.1, -0.05) is 111 Å². The Morgan fingerprint density at radius 1 is 0.730 bits per heavy atom. The molecule has 0 spiro atoms. The van der Waals surface area contributed by atoms with Crippen LogP contribution >= 0.6 is 16.1 Å². The van der Waals surface area contributed by atoms with Gasteiger partial charge >= 0.3 is 12.1 Å². The zero-order valence-corrected chi connectivity index (χ0v) is 56.0. The van der Waals surface area contributed by atoms with Crippen LogP contribution in [0.4, 0.5) is 15.3 Å². The minimum absolute atomic E-state index is 0.0111. The van der Waals surface area contributed by atoms with E-state index in [9.17, 15) is 53.1 Å². The fourth-order valence-electron chi connectivity index (χ4n) is 11.1. The predicted molar refractivity (Wildman–Crippen MR) is 340 cm³/mol. The molecule has 2 aromatic rings. The number of anilines is 1. The van der Waals surface area contributed by atoms with E-state index in [1.165, 1.54) is 26.2 Å². The van der Waals surface area contributed by atoms with Crippen molar-refractivity contribution >= 4 is 81.2 Å². The molecule has 1 saturated heterocycles. The summed E-state index contributed by atoms with van der Waals surface area (Å²) < 4.78 is 20.0. The second-order valence-electron chi connectivity index (χ2n) is 24.2. The number of hydrogen-bond acceptors (Lipinski definition) is 14. The average Bonchev–Trinajstić information content (AvgIpc) is 2.15. The van der Waals surface area contributed by atoms with Crippen LogP contribution in [0.5, 0.6) is 0 Å². The Kier molecular flexibility index (Phi) is 32.6. The minimum Gasteiger partial charge on any atom is -0.445 e. The van der Waals surface area contributed by atoms with Crippen LogP contribution in [-0.4, -0.2) is 175 Å². The van der Waals surface area contributed by atoms with E-state index in [-0.39, 0.29) is 81.2 Å². The summed E-state index contributed by atoms with van der Waals surface area (Å²) in [6, 6.07) is 8.76. The molecule has 0 bridgehead atoms. The molecular weight excluding hydrogens is 1210 g/mol. The number of nitrogens with two attached hydrogens (primary N) is 1. The molecule has 0 radical (unpaired) electrons. The Bertz CT molecular complexity index is 2640. The lowest BCUT2D eigenvalue weighted by Crippen LogP contribution is -2.60. The summed E-state index contributed by atoms with van der Waals surface area (Å²) in [6.07, 6.45) is -0.720. The number of primary amides is 1. The molecule has 3 rings (SSSR count). The van der Waals surface area contributed by atoms with Crippen molar-refractivity contribution in [1.29, 1.82) is 0 Å². The van der Waals surface area contributed by atoms with Crippen LogP contribution in [0.25, 0.3) is 0 Å². The molecule has 0 aromatic heterocycles. The van der Waals surface area contributed by atoms with Gasteiger partial charge in [0, 0.05) is 76.1 Å². The van der Waals surface area contributed by atoms with Gasteiger partial charge in [0.2, 0.25) is 47.3 Å². The van der Waals surface area contributed by atoms with Crippen LogP contribution in [0.3, 0.4) is 0 Å². The van der Waals surface area contributed by atoms with E-state index >= 15 is 0 Å². The van der Waals surface area contributed by atoms with Crippen molar-refractivity contribution in [1.82, 2.24) is 45.6 Å². The normalized spacial score (nSPS) is 16.8. The van der Waals surface area contributed by atoms with Gasteiger partial charge in [0.15, 0.2) is 0 Å². The first-order chi connectivity index (χ1) is 42.0. The van der Waals surface area contributed by atoms with Crippen molar-refractivity contribution in [2.45, 2.75) is 194 Å². The molecule has 0 aliphatic carbocycles. The zero-order valence-electron chi connectivity index (χ0n) is 54.4. The van der Waals surface area contributed by atoms with Crippen LogP contribution < -0.4 is 42.0 Å². The number of rotatable bonds is 36. The molecule has 1 fully saturated rings. The molecule has 25 nitrogen and oxygen atoms in total. The van der Waals surface area contributed by atoms with E-state index in [1.54, 1.807) is 109 Å². The van der Waals surface area contributed by atoms with E-state index in [2.05, 4.69) is 52.4 Å². The summed E-state index contributed by atoms with van der Waals surface area (Å²) in [5.74, 6) is -5.61. The number of methoxy groups -OCH3 is 2. The van der Waals surface area contributed by atoms with Gasteiger partial charge in [0.25, 0.3) is 0 Å². The second-order valence-corrected chi connectivity index (χ2v) is 24.6. The minimum atomic E-state index is -1.11. The molecule has 498 valence electrons. The largest absolute Gasteiger partial charge is 0.445 e. The number of nitrogens with zero attached hydrogens (tertiary/aromatic N) is 3. The van der Waals surface area contributed by atoms with Crippen molar-refractivity contribution in [3.8, 4) is 0 Å². The molecule has 1 heterocycles. The number of aliphatic hydroxyl groups is 1. The maximum Gasteiger partial charge on any atom is 0.410 e. The number of urea groups is 1. The first-order valence-corrected chi connectivity index (χ1v) is 31.6. The van der Waals surface area contributed by atoms with E-state index in [0.29, 0.717) is 42.6 Å². The van der Waals surface area contributed by atoms with Crippen molar-refractivity contribution in [2.24, 2.45) is 35.3 Å². The fourth-order valence-corrected chi connectivity index (χ4v) is 11.3. The Morgan fingerprint density at radius 2 is 1.36 bits per heavy atom.